The van der Waals surface area contributed by atoms with Crippen molar-refractivity contribution in [2.75, 3.05) is 92.4 Å². The summed E-state index contributed by atoms with van der Waals surface area (Å²) in [6, 6.07) is 72.5. The number of alkyl halides is 6. The fourth-order valence-corrected chi connectivity index (χ4v) is 14.0. The molecule has 13 rings (SSSR count). The first kappa shape index (κ1) is 121. The van der Waals surface area contributed by atoms with E-state index in [0.717, 1.165) is 104 Å². The zero-order chi connectivity index (χ0) is 110. The highest BCUT2D eigenvalue weighted by Crippen LogP contribution is 2.40. The van der Waals surface area contributed by atoms with Gasteiger partial charge in [0.2, 0.25) is 0 Å². The predicted octanol–water partition coefficient (Wildman–Crippen LogP) is 27.9. The maximum atomic E-state index is 12.4. The number of halogens is 6. The number of phenols is 2. The summed E-state index contributed by atoms with van der Waals surface area (Å²) < 4.78 is 137. The first-order valence-corrected chi connectivity index (χ1v) is 47.2. The zero-order valence-electron chi connectivity index (χ0n) is 87.3. The summed E-state index contributed by atoms with van der Waals surface area (Å²) in [5, 5.41) is 19.1. The molecule has 786 valence electrons. The number of phenolic OH excluding ortho intramolecular Hbond substituents is 2. The molecule has 0 saturated carbocycles. The molecule has 1 heterocycles. The molecule has 1 saturated heterocycles. The summed E-state index contributed by atoms with van der Waals surface area (Å²) in [7, 11) is 21.0. The molecular formula is C123H127F6NO20. The molecule has 0 spiro atoms. The van der Waals surface area contributed by atoms with Crippen LogP contribution in [0, 0.1) is 13.8 Å². The Hall–Kier alpha value is -17.2. The Morgan fingerprint density at radius 2 is 0.567 bits per heavy atom. The summed E-state index contributed by atoms with van der Waals surface area (Å²) in [6.07, 6.45) is 22.8. The highest BCUT2D eigenvalue weighted by Gasteiger charge is 2.35. The van der Waals surface area contributed by atoms with Gasteiger partial charge in [0.05, 0.1) is 96.4 Å². The molecule has 150 heavy (non-hydrogen) atoms. The van der Waals surface area contributed by atoms with E-state index in [4.69, 9.17) is 56.8 Å². The van der Waals surface area contributed by atoms with E-state index in [1.165, 1.54) is 123 Å². The molecule has 0 bridgehead atoms. The Bertz CT molecular complexity index is 6420. The van der Waals surface area contributed by atoms with Crippen LogP contribution in [0.25, 0.3) is 60.8 Å². The molecular weight excluding hydrogens is 1930 g/mol. The van der Waals surface area contributed by atoms with Crippen molar-refractivity contribution in [2.45, 2.75) is 78.8 Å². The Balaban J connectivity index is 0.000000273. The van der Waals surface area contributed by atoms with Crippen LogP contribution in [0.4, 0.5) is 26.3 Å². The third kappa shape index (κ3) is 41.4. The standard InChI is InChI=1S/C21H22O5.2C21H22O4.C19H12F6O.C19H18O5.C18H19NO.2C2H6/c1-23-18-9-11-20(25-3)15(13-18)5-7-17(22)8-6-16-14-19(24-2)10-12-21(16)26-4;1-15-9-16(11-19(10-15)23-2)5-7-18(22)8-6-17-12-20(24-3)14-21(13-17)25-4;1-15-5-6-16(20(13-15)24-3)7-10-18(22)11-8-17-9-12-19(23-2)14-21(17)25-4;20-18(21,22)15-7-1-13(2-8-15)5-11-17(26)12-6-14-3-9-16(10-4-14)19(23,24)25;1-23-18-11-13(5-9-16(18)21)3-7-15(20)8-4-14-6-10-17(22)19(12-14)24-2;1-19-17(14-8-4-2-5-9-14)12-16(20)13-18(19)15-10-6-3-7-11-15;2*1-2/h5-14H,1-4H3;2*5-14H,1-4H3;1-12H;3-12,21-22H,1-2H3;2-11,17-18H,12-13H2,1H3;2*1-2H3/b2*7-5+,8-6+;10-7+,11-8+;11-5+,12-6+;7-3+,8-4+;;;. The number of carbonyl (C=O) groups is 6. The van der Waals surface area contributed by atoms with Crippen LogP contribution in [0.3, 0.4) is 0 Å². The van der Waals surface area contributed by atoms with E-state index in [-0.39, 0.29) is 46.7 Å². The average Bonchev–Trinajstić information content (AvgIpc) is 0.790. The van der Waals surface area contributed by atoms with Crippen molar-refractivity contribution in [2.24, 2.45) is 0 Å². The molecule has 2 N–H and O–H groups in total. The van der Waals surface area contributed by atoms with Crippen molar-refractivity contribution < 1.29 is 122 Å². The number of piperidine rings is 1. The van der Waals surface area contributed by atoms with Gasteiger partial charge in [-0.25, -0.2) is 0 Å². The average molecular weight is 2050 g/mol. The lowest BCUT2D eigenvalue weighted by molar-refractivity contribution is -0.138. The van der Waals surface area contributed by atoms with Crippen molar-refractivity contribution in [3.8, 4) is 80.5 Å². The van der Waals surface area contributed by atoms with Crippen LogP contribution in [0.5, 0.6) is 80.5 Å². The molecule has 0 aromatic heterocycles. The Kier molecular flexibility index (Phi) is 51.8. The normalized spacial score (nSPS) is 12.8. The molecule has 1 aliphatic rings. The monoisotopic (exact) mass is 2050 g/mol. The van der Waals surface area contributed by atoms with Gasteiger partial charge >= 0.3 is 12.4 Å². The minimum absolute atomic E-state index is 0.0437. The first-order valence-electron chi connectivity index (χ1n) is 47.2. The van der Waals surface area contributed by atoms with E-state index in [0.29, 0.717) is 87.2 Å². The van der Waals surface area contributed by atoms with Gasteiger partial charge in [-0.1, -0.05) is 179 Å². The molecule has 0 amide bonds. The van der Waals surface area contributed by atoms with Crippen molar-refractivity contribution in [3.63, 3.8) is 0 Å². The highest BCUT2D eigenvalue weighted by atomic mass is 19.4. The van der Waals surface area contributed by atoms with Crippen molar-refractivity contribution in [1.82, 2.24) is 4.90 Å². The molecule has 0 aliphatic carbocycles. The number of ketones is 6. The number of aryl methyl sites for hydroxylation is 2. The summed E-state index contributed by atoms with van der Waals surface area (Å²) in [4.78, 5) is 74.4. The number of methoxy groups -OCH3 is 12. The minimum Gasteiger partial charge on any atom is -0.504 e. The number of rotatable bonds is 34. The van der Waals surface area contributed by atoms with Gasteiger partial charge in [-0.3, -0.25) is 33.7 Å². The van der Waals surface area contributed by atoms with E-state index < -0.39 is 29.3 Å². The summed E-state index contributed by atoms with van der Waals surface area (Å²) in [5.41, 5.74) is 10.3. The number of nitrogens with zero attached hydrogens (tertiary/aromatic N) is 1. The number of hydrogen-bond acceptors (Lipinski definition) is 21. The summed E-state index contributed by atoms with van der Waals surface area (Å²) in [5.74, 6) is 6.98. The maximum absolute atomic E-state index is 12.4. The van der Waals surface area contributed by atoms with Crippen molar-refractivity contribution in [1.29, 1.82) is 0 Å². The maximum Gasteiger partial charge on any atom is 0.416 e. The first-order chi connectivity index (χ1) is 72.0. The smallest absolute Gasteiger partial charge is 0.416 e. The van der Waals surface area contributed by atoms with Gasteiger partial charge in [0, 0.05) is 59.3 Å². The van der Waals surface area contributed by atoms with E-state index >= 15 is 0 Å². The van der Waals surface area contributed by atoms with E-state index in [1.807, 2.05) is 139 Å². The highest BCUT2D eigenvalue weighted by molar-refractivity contribution is 6.07. The number of ether oxygens (including phenoxy) is 12. The Morgan fingerprint density at radius 3 is 0.913 bits per heavy atom. The second-order valence-corrected chi connectivity index (χ2v) is 31.9. The van der Waals surface area contributed by atoms with Crippen LogP contribution < -0.4 is 56.8 Å². The fraction of sp³-hybridized carbons (Fsp3) is 0.203. The number of Topliss-reactive ketones (excluding diaryl/α,β-unsaturated/α-hetero) is 1. The molecule has 1 fully saturated rings. The number of carbonyl (C=O) groups excluding carboxylic acids is 6. The van der Waals surface area contributed by atoms with Gasteiger partial charge in [0.1, 0.15) is 63.3 Å². The van der Waals surface area contributed by atoms with Crippen LogP contribution in [0.1, 0.15) is 142 Å². The van der Waals surface area contributed by atoms with Crippen LogP contribution >= 0.6 is 0 Å². The van der Waals surface area contributed by atoms with E-state index in [1.54, 1.807) is 193 Å². The SMILES string of the molecule is CC.CC.CN1C(c2ccccc2)CC(=O)CC1c1ccccc1.COc1cc(/C=C/C(=O)/C=C/c2ccc(O)c(OC)c2)ccc1O.COc1cc(C)cc(/C=C/C(=O)/C=C/c2cc(OC)cc(OC)c2)c1.COc1ccc(/C=C/C(=O)/C=C/c2ccc(C)cc2OC)c(OC)c1.COc1ccc(OC)c(/C=C/C(=O)/C=C/c2cc(OC)ccc2OC)c1.O=C(/C=C/c1ccc(C(F)(F)F)cc1)/C=C/c1ccc(C(F)(F)F)cc1. The van der Waals surface area contributed by atoms with Crippen LogP contribution in [0.15, 0.2) is 316 Å². The zero-order valence-corrected chi connectivity index (χ0v) is 87.3. The van der Waals surface area contributed by atoms with Gasteiger partial charge in [-0.2, -0.15) is 26.3 Å². The topological polar surface area (TPSA) is 257 Å². The minimum atomic E-state index is -4.43. The number of benzene rings is 12. The molecule has 12 aromatic carbocycles. The lowest BCUT2D eigenvalue weighted by Crippen LogP contribution is -2.37. The molecule has 0 radical (unpaired) electrons. The fourth-order valence-electron chi connectivity index (χ4n) is 14.0. The molecule has 2 atom stereocenters. The largest absolute Gasteiger partial charge is 0.504 e. The van der Waals surface area contributed by atoms with Crippen LogP contribution in [-0.4, -0.2) is 142 Å². The molecule has 12 aromatic rings. The molecule has 27 heteroatoms. The van der Waals surface area contributed by atoms with Gasteiger partial charge < -0.3 is 67.1 Å². The van der Waals surface area contributed by atoms with E-state index in [2.05, 4.69) is 36.2 Å². The van der Waals surface area contributed by atoms with Crippen LogP contribution in [0.2, 0.25) is 0 Å². The Morgan fingerprint density at radius 1 is 0.273 bits per heavy atom. The Labute approximate surface area is 873 Å². The summed E-state index contributed by atoms with van der Waals surface area (Å²) in [6.45, 7) is 12.0. The number of hydrogen-bond donors (Lipinski definition) is 2. The molecule has 1 aliphatic heterocycles. The summed E-state index contributed by atoms with van der Waals surface area (Å²) >= 11 is 0. The lowest BCUT2D eigenvalue weighted by Gasteiger charge is -2.39. The number of likely N-dealkylation sites (tertiary alicyclic amines) is 1. The second kappa shape index (κ2) is 63.9. The van der Waals surface area contributed by atoms with Crippen LogP contribution in [-0.2, 0) is 41.1 Å². The predicted molar refractivity (Wildman–Crippen MR) is 584 cm³/mol. The van der Waals surface area contributed by atoms with Gasteiger partial charge in [0.15, 0.2) is 51.9 Å². The van der Waals surface area contributed by atoms with E-state index in [9.17, 15) is 65.3 Å². The van der Waals surface area contributed by atoms with Gasteiger partial charge in [0.25, 0.3) is 0 Å². The molecule has 2 unspecified atom stereocenters. The third-order valence-electron chi connectivity index (χ3n) is 21.8. The van der Waals surface area contributed by atoms with Gasteiger partial charge in [-0.05, 0) is 289 Å². The number of allylic oxidation sites excluding steroid dienone is 10. The third-order valence-corrected chi connectivity index (χ3v) is 21.8. The second-order valence-electron chi connectivity index (χ2n) is 31.9. The lowest BCUT2D eigenvalue weighted by atomic mass is 9.87. The molecule has 21 nitrogen and oxygen atoms in total. The quantitative estimate of drug-likeness (QED) is 0.0281. The number of aromatic hydroxyl groups is 2. The van der Waals surface area contributed by atoms with Crippen molar-refractivity contribution in [3.05, 3.63) is 405 Å². The van der Waals surface area contributed by atoms with Gasteiger partial charge in [-0.15, -0.1) is 0 Å². The van der Waals surface area contributed by atoms with Crippen molar-refractivity contribution >= 4 is 95.5 Å².